The van der Waals surface area contributed by atoms with Gasteiger partial charge >= 0.3 is 0 Å². The second kappa shape index (κ2) is 6.07. The topological polar surface area (TPSA) is 43.8 Å². The van der Waals surface area contributed by atoms with Gasteiger partial charge in [0.1, 0.15) is 0 Å². The number of hydrogen-bond donors (Lipinski definition) is 1. The largest absolute Gasteiger partial charge is 0.324 e. The molecule has 0 fully saturated rings. The van der Waals surface area contributed by atoms with Crippen molar-refractivity contribution in [1.29, 1.82) is 0 Å². The van der Waals surface area contributed by atoms with E-state index in [9.17, 15) is 0 Å². The predicted molar refractivity (Wildman–Crippen MR) is 82.4 cm³/mol. The number of nitrogens with zero attached hydrogens (tertiary/aromatic N) is 2. The minimum atomic E-state index is -0.133. The third-order valence-electron chi connectivity index (χ3n) is 3.17. The number of halogens is 2. The minimum Gasteiger partial charge on any atom is -0.324 e. The van der Waals surface area contributed by atoms with E-state index >= 15 is 0 Å². The van der Waals surface area contributed by atoms with E-state index in [0.29, 0.717) is 11.4 Å². The Hall–Kier alpha value is -0.840. The van der Waals surface area contributed by atoms with E-state index in [0.717, 1.165) is 28.0 Å². The molecule has 2 N–H and O–H groups in total. The molecule has 0 aliphatic heterocycles. The smallest absolute Gasteiger partial charge is 0.0738 e. The Bertz CT molecular complexity index is 580. The van der Waals surface area contributed by atoms with E-state index < -0.39 is 0 Å². The summed E-state index contributed by atoms with van der Waals surface area (Å²) in [6.45, 7) is 4.89. The van der Waals surface area contributed by atoms with Crippen LogP contribution in [0.2, 0.25) is 5.02 Å². The zero-order valence-corrected chi connectivity index (χ0v) is 13.4. The van der Waals surface area contributed by atoms with Gasteiger partial charge in [-0.3, -0.25) is 4.68 Å². The lowest BCUT2D eigenvalue weighted by Gasteiger charge is -2.15. The SMILES string of the molecule is CCn1nc(C)c(Br)c1CC(N)c1ccccc1Cl. The molecule has 0 aliphatic rings. The zero-order valence-electron chi connectivity index (χ0n) is 11.0. The van der Waals surface area contributed by atoms with Crippen LogP contribution in [0.4, 0.5) is 0 Å². The Labute approximate surface area is 126 Å². The molecule has 19 heavy (non-hydrogen) atoms. The first-order chi connectivity index (χ1) is 9.04. The molecular formula is C14H17BrClN3. The standard InChI is InChI=1S/C14H17BrClN3/c1-3-19-13(14(15)9(2)18-19)8-12(17)10-6-4-5-7-11(10)16/h4-7,12H,3,8,17H2,1-2H3. The van der Waals surface area contributed by atoms with Gasteiger partial charge < -0.3 is 5.73 Å². The van der Waals surface area contributed by atoms with Gasteiger partial charge in [0, 0.05) is 24.0 Å². The van der Waals surface area contributed by atoms with Crippen LogP contribution in [-0.2, 0) is 13.0 Å². The molecule has 102 valence electrons. The number of hydrogen-bond acceptors (Lipinski definition) is 2. The average molecular weight is 343 g/mol. The Morgan fingerprint density at radius 3 is 2.74 bits per heavy atom. The van der Waals surface area contributed by atoms with Gasteiger partial charge in [-0.1, -0.05) is 29.8 Å². The molecule has 0 radical (unpaired) electrons. The molecule has 1 unspecified atom stereocenters. The first-order valence-electron chi connectivity index (χ1n) is 6.26. The van der Waals surface area contributed by atoms with Crippen molar-refractivity contribution in [2.45, 2.75) is 32.9 Å². The summed E-state index contributed by atoms with van der Waals surface area (Å²) in [7, 11) is 0. The van der Waals surface area contributed by atoms with Crippen molar-refractivity contribution in [3.8, 4) is 0 Å². The second-order valence-corrected chi connectivity index (χ2v) is 5.69. The summed E-state index contributed by atoms with van der Waals surface area (Å²) in [4.78, 5) is 0. The number of nitrogens with two attached hydrogens (primary N) is 1. The fourth-order valence-electron chi connectivity index (χ4n) is 2.16. The first-order valence-corrected chi connectivity index (χ1v) is 7.43. The maximum Gasteiger partial charge on any atom is 0.0738 e. The number of rotatable bonds is 4. The first kappa shape index (κ1) is 14.6. The molecule has 0 bridgehead atoms. The monoisotopic (exact) mass is 341 g/mol. The maximum atomic E-state index is 6.28. The van der Waals surface area contributed by atoms with Crippen LogP contribution in [0.1, 0.15) is 29.9 Å². The van der Waals surface area contributed by atoms with E-state index in [-0.39, 0.29) is 6.04 Å². The van der Waals surface area contributed by atoms with Gasteiger partial charge in [0.25, 0.3) is 0 Å². The van der Waals surface area contributed by atoms with E-state index in [4.69, 9.17) is 17.3 Å². The summed E-state index contributed by atoms with van der Waals surface area (Å²) < 4.78 is 3.02. The zero-order chi connectivity index (χ0) is 14.0. The minimum absolute atomic E-state index is 0.133. The Balaban J connectivity index is 2.29. The molecule has 3 nitrogen and oxygen atoms in total. The van der Waals surface area contributed by atoms with Gasteiger partial charge in [0.05, 0.1) is 15.9 Å². The molecule has 2 rings (SSSR count). The van der Waals surface area contributed by atoms with Crippen LogP contribution in [0.3, 0.4) is 0 Å². The highest BCUT2D eigenvalue weighted by atomic mass is 79.9. The Kier molecular flexibility index (Phi) is 4.66. The summed E-state index contributed by atoms with van der Waals surface area (Å²) in [6, 6.07) is 7.58. The average Bonchev–Trinajstić information content (AvgIpc) is 2.67. The van der Waals surface area contributed by atoms with Crippen LogP contribution in [-0.4, -0.2) is 9.78 Å². The molecule has 0 saturated heterocycles. The summed E-state index contributed by atoms with van der Waals surface area (Å²) in [6.07, 6.45) is 0.707. The third kappa shape index (κ3) is 3.02. The molecule has 5 heteroatoms. The molecule has 0 aliphatic carbocycles. The molecule has 2 aromatic rings. The van der Waals surface area contributed by atoms with Gasteiger partial charge in [0.15, 0.2) is 0 Å². The highest BCUT2D eigenvalue weighted by Gasteiger charge is 2.17. The van der Waals surface area contributed by atoms with Crippen LogP contribution in [0, 0.1) is 6.92 Å². The highest BCUT2D eigenvalue weighted by Crippen LogP contribution is 2.28. The van der Waals surface area contributed by atoms with Gasteiger partial charge in [-0.25, -0.2) is 0 Å². The van der Waals surface area contributed by atoms with Gasteiger partial charge in [-0.15, -0.1) is 0 Å². The van der Waals surface area contributed by atoms with Crippen molar-refractivity contribution < 1.29 is 0 Å². The van der Waals surface area contributed by atoms with Crippen molar-refractivity contribution in [3.05, 3.63) is 50.7 Å². The third-order valence-corrected chi connectivity index (χ3v) is 4.55. The maximum absolute atomic E-state index is 6.28. The lowest BCUT2D eigenvalue weighted by Crippen LogP contribution is -2.16. The summed E-state index contributed by atoms with van der Waals surface area (Å²) in [5.74, 6) is 0. The number of aromatic nitrogens is 2. The molecule has 1 aromatic heterocycles. The van der Waals surface area contributed by atoms with E-state index in [1.165, 1.54) is 0 Å². The Morgan fingerprint density at radius 2 is 2.11 bits per heavy atom. The summed E-state index contributed by atoms with van der Waals surface area (Å²) >= 11 is 9.78. The highest BCUT2D eigenvalue weighted by molar-refractivity contribution is 9.10. The Morgan fingerprint density at radius 1 is 1.42 bits per heavy atom. The van der Waals surface area contributed by atoms with E-state index in [1.807, 2.05) is 35.9 Å². The number of benzene rings is 1. The molecule has 1 atom stereocenters. The van der Waals surface area contributed by atoms with Crippen molar-refractivity contribution in [2.75, 3.05) is 0 Å². The normalized spacial score (nSPS) is 12.7. The summed E-state index contributed by atoms with van der Waals surface area (Å²) in [5.41, 5.74) is 9.36. The lowest BCUT2D eigenvalue weighted by atomic mass is 10.0. The van der Waals surface area contributed by atoms with Crippen molar-refractivity contribution in [1.82, 2.24) is 9.78 Å². The molecule has 0 amide bonds. The quantitative estimate of drug-likeness (QED) is 0.916. The van der Waals surface area contributed by atoms with Crippen molar-refractivity contribution in [3.63, 3.8) is 0 Å². The summed E-state index contributed by atoms with van der Waals surface area (Å²) in [5, 5.41) is 5.19. The van der Waals surface area contributed by atoms with Gasteiger partial charge in [-0.2, -0.15) is 5.10 Å². The number of aryl methyl sites for hydroxylation is 2. The predicted octanol–water partition coefficient (Wildman–Crippen LogP) is 3.87. The second-order valence-electron chi connectivity index (χ2n) is 4.49. The van der Waals surface area contributed by atoms with Crippen LogP contribution in [0.25, 0.3) is 0 Å². The van der Waals surface area contributed by atoms with Gasteiger partial charge in [0.2, 0.25) is 0 Å². The van der Waals surface area contributed by atoms with Gasteiger partial charge in [-0.05, 0) is 41.4 Å². The van der Waals surface area contributed by atoms with Crippen molar-refractivity contribution in [2.24, 2.45) is 5.73 Å². The lowest BCUT2D eigenvalue weighted by molar-refractivity contribution is 0.586. The fourth-order valence-corrected chi connectivity index (χ4v) is 2.88. The molecule has 1 heterocycles. The fraction of sp³-hybridized carbons (Fsp3) is 0.357. The molecule has 0 saturated carbocycles. The van der Waals surface area contributed by atoms with E-state index in [2.05, 4.69) is 28.0 Å². The molecule has 0 spiro atoms. The van der Waals surface area contributed by atoms with Crippen LogP contribution < -0.4 is 5.73 Å². The molecule has 1 aromatic carbocycles. The van der Waals surface area contributed by atoms with E-state index in [1.54, 1.807) is 0 Å². The van der Waals surface area contributed by atoms with Crippen LogP contribution in [0.15, 0.2) is 28.7 Å². The molecular weight excluding hydrogens is 326 g/mol. The van der Waals surface area contributed by atoms with Crippen molar-refractivity contribution >= 4 is 27.5 Å². The van der Waals surface area contributed by atoms with Crippen LogP contribution >= 0.6 is 27.5 Å². The van der Waals surface area contributed by atoms with Crippen LogP contribution in [0.5, 0.6) is 0 Å².